The van der Waals surface area contributed by atoms with Crippen LogP contribution in [0, 0.1) is 0 Å². The number of ether oxygens (including phenoxy) is 1. The van der Waals surface area contributed by atoms with E-state index in [0.717, 1.165) is 37.7 Å². The highest BCUT2D eigenvalue weighted by atomic mass is 16.5. The van der Waals surface area contributed by atoms with Gasteiger partial charge >= 0.3 is 0 Å². The van der Waals surface area contributed by atoms with E-state index in [1.807, 2.05) is 19.2 Å². The average Bonchev–Trinajstić information content (AvgIpc) is 3.05. The quantitative estimate of drug-likeness (QED) is 0.460. The zero-order chi connectivity index (χ0) is 15.6. The Morgan fingerprint density at radius 1 is 1.32 bits per heavy atom. The van der Waals surface area contributed by atoms with Crippen LogP contribution >= 0.6 is 0 Å². The summed E-state index contributed by atoms with van der Waals surface area (Å²) in [5.74, 6) is 1.84. The third-order valence-corrected chi connectivity index (χ3v) is 4.04. The zero-order valence-electron chi connectivity index (χ0n) is 13.9. The van der Waals surface area contributed by atoms with E-state index in [1.54, 1.807) is 0 Å². The van der Waals surface area contributed by atoms with Gasteiger partial charge < -0.3 is 15.4 Å². The highest BCUT2D eigenvalue weighted by Gasteiger charge is 2.15. The second kappa shape index (κ2) is 9.34. The summed E-state index contributed by atoms with van der Waals surface area (Å²) in [5, 5.41) is 6.89. The first-order chi connectivity index (χ1) is 10.8. The second-order valence-electron chi connectivity index (χ2n) is 5.90. The number of hydrogen-bond acceptors (Lipinski definition) is 2. The Hall–Kier alpha value is -1.71. The molecule has 1 aromatic carbocycles. The van der Waals surface area contributed by atoms with Gasteiger partial charge in [0.15, 0.2) is 5.96 Å². The maximum atomic E-state index is 5.75. The summed E-state index contributed by atoms with van der Waals surface area (Å²) in [7, 11) is 1.83. The van der Waals surface area contributed by atoms with Gasteiger partial charge in [0.2, 0.25) is 0 Å². The van der Waals surface area contributed by atoms with Crippen molar-refractivity contribution in [3.8, 4) is 5.75 Å². The summed E-state index contributed by atoms with van der Waals surface area (Å²) in [6, 6.07) is 8.86. The van der Waals surface area contributed by atoms with Crippen LogP contribution in [0.3, 0.4) is 0 Å². The van der Waals surface area contributed by atoms with E-state index in [1.165, 1.54) is 31.2 Å². The van der Waals surface area contributed by atoms with Crippen molar-refractivity contribution in [3.63, 3.8) is 0 Å². The largest absolute Gasteiger partial charge is 0.494 e. The Morgan fingerprint density at radius 3 is 2.86 bits per heavy atom. The van der Waals surface area contributed by atoms with Gasteiger partial charge in [0.1, 0.15) is 5.75 Å². The third-order valence-electron chi connectivity index (χ3n) is 4.04. The van der Waals surface area contributed by atoms with E-state index in [9.17, 15) is 0 Å². The predicted molar refractivity (Wildman–Crippen MR) is 92.4 cm³/mol. The molecule has 0 aliphatic heterocycles. The number of unbranched alkanes of at least 4 members (excludes halogenated alkanes) is 1. The molecule has 1 aliphatic rings. The molecule has 1 aromatic rings. The lowest BCUT2D eigenvalue weighted by molar-refractivity contribution is 0.309. The standard InChI is InChI=1S/C18H29N3O/c1-3-4-12-22-17-11-7-8-15(13-17)14-20-18(19-2)21-16-9-5-6-10-16/h7-8,11,13,16H,3-6,9-10,12,14H2,1-2H3,(H2,19,20,21). The van der Waals surface area contributed by atoms with Gasteiger partial charge in [0.05, 0.1) is 6.61 Å². The van der Waals surface area contributed by atoms with E-state index >= 15 is 0 Å². The summed E-state index contributed by atoms with van der Waals surface area (Å²) in [4.78, 5) is 4.31. The average molecular weight is 303 g/mol. The van der Waals surface area contributed by atoms with Crippen LogP contribution in [0.4, 0.5) is 0 Å². The van der Waals surface area contributed by atoms with Crippen LogP contribution in [0.2, 0.25) is 0 Å². The molecule has 2 rings (SSSR count). The topological polar surface area (TPSA) is 45.6 Å². The minimum Gasteiger partial charge on any atom is -0.494 e. The first-order valence-electron chi connectivity index (χ1n) is 8.50. The van der Waals surface area contributed by atoms with Crippen molar-refractivity contribution >= 4 is 5.96 Å². The molecule has 0 spiro atoms. The fourth-order valence-electron chi connectivity index (χ4n) is 2.72. The Kier molecular flexibility index (Phi) is 7.07. The minimum absolute atomic E-state index is 0.579. The van der Waals surface area contributed by atoms with Gasteiger partial charge in [-0.1, -0.05) is 38.3 Å². The van der Waals surface area contributed by atoms with Crippen LogP contribution in [0.5, 0.6) is 5.75 Å². The molecule has 0 aromatic heterocycles. The minimum atomic E-state index is 0.579. The number of benzene rings is 1. The van der Waals surface area contributed by atoms with Crippen molar-refractivity contribution < 1.29 is 4.74 Å². The summed E-state index contributed by atoms with van der Waals surface area (Å²) in [6.07, 6.45) is 7.41. The summed E-state index contributed by atoms with van der Waals surface area (Å²) >= 11 is 0. The van der Waals surface area contributed by atoms with Crippen molar-refractivity contribution in [1.82, 2.24) is 10.6 Å². The molecule has 22 heavy (non-hydrogen) atoms. The van der Waals surface area contributed by atoms with Gasteiger partial charge in [-0.3, -0.25) is 4.99 Å². The summed E-state index contributed by atoms with van der Waals surface area (Å²) < 4.78 is 5.75. The first kappa shape index (κ1) is 16.7. The molecule has 0 heterocycles. The van der Waals surface area contributed by atoms with Crippen LogP contribution in [0.25, 0.3) is 0 Å². The van der Waals surface area contributed by atoms with Crippen LogP contribution in [-0.2, 0) is 6.54 Å². The number of guanidine groups is 1. The highest BCUT2D eigenvalue weighted by Crippen LogP contribution is 2.17. The lowest BCUT2D eigenvalue weighted by Crippen LogP contribution is -2.41. The smallest absolute Gasteiger partial charge is 0.191 e. The molecule has 0 saturated heterocycles. The van der Waals surface area contributed by atoms with Crippen molar-refractivity contribution in [2.45, 2.75) is 58.0 Å². The summed E-state index contributed by atoms with van der Waals surface area (Å²) in [5.41, 5.74) is 1.21. The third kappa shape index (κ3) is 5.58. The Balaban J connectivity index is 1.80. The molecule has 0 amide bonds. The molecule has 0 bridgehead atoms. The molecule has 0 unspecified atom stereocenters. The molecule has 2 N–H and O–H groups in total. The van der Waals surface area contributed by atoms with Crippen LogP contribution in [0.1, 0.15) is 51.0 Å². The van der Waals surface area contributed by atoms with Gasteiger partial charge in [-0.2, -0.15) is 0 Å². The molecule has 122 valence electrons. The van der Waals surface area contributed by atoms with E-state index in [-0.39, 0.29) is 0 Å². The fraction of sp³-hybridized carbons (Fsp3) is 0.611. The van der Waals surface area contributed by atoms with Gasteiger partial charge in [0, 0.05) is 19.6 Å². The molecule has 0 radical (unpaired) electrons. The van der Waals surface area contributed by atoms with Crippen molar-refractivity contribution in [2.75, 3.05) is 13.7 Å². The Labute approximate surface area is 134 Å². The lowest BCUT2D eigenvalue weighted by Gasteiger charge is -2.17. The molecule has 4 heteroatoms. The van der Waals surface area contributed by atoms with Crippen LogP contribution < -0.4 is 15.4 Å². The molecule has 1 saturated carbocycles. The molecule has 1 aliphatic carbocycles. The van der Waals surface area contributed by atoms with Gasteiger partial charge in [-0.05, 0) is 37.0 Å². The summed E-state index contributed by atoms with van der Waals surface area (Å²) in [6.45, 7) is 3.72. The maximum Gasteiger partial charge on any atom is 0.191 e. The van der Waals surface area contributed by atoms with E-state index in [0.29, 0.717) is 6.04 Å². The second-order valence-corrected chi connectivity index (χ2v) is 5.90. The van der Waals surface area contributed by atoms with Gasteiger partial charge in [-0.25, -0.2) is 0 Å². The maximum absolute atomic E-state index is 5.75. The van der Waals surface area contributed by atoms with Crippen LogP contribution in [0.15, 0.2) is 29.3 Å². The number of nitrogens with zero attached hydrogens (tertiary/aromatic N) is 1. The fourth-order valence-corrected chi connectivity index (χ4v) is 2.72. The van der Waals surface area contributed by atoms with E-state index in [2.05, 4.69) is 34.7 Å². The van der Waals surface area contributed by atoms with E-state index < -0.39 is 0 Å². The van der Waals surface area contributed by atoms with E-state index in [4.69, 9.17) is 4.74 Å². The Morgan fingerprint density at radius 2 is 2.14 bits per heavy atom. The number of aliphatic imine (C=N–C) groups is 1. The highest BCUT2D eigenvalue weighted by molar-refractivity contribution is 5.79. The molecule has 0 atom stereocenters. The lowest BCUT2D eigenvalue weighted by atomic mass is 10.2. The van der Waals surface area contributed by atoms with Crippen LogP contribution in [-0.4, -0.2) is 25.7 Å². The molecule has 1 fully saturated rings. The number of nitrogens with one attached hydrogen (secondary N) is 2. The number of rotatable bonds is 7. The Bertz CT molecular complexity index is 467. The molecular formula is C18H29N3O. The monoisotopic (exact) mass is 303 g/mol. The van der Waals surface area contributed by atoms with Crippen molar-refractivity contribution in [3.05, 3.63) is 29.8 Å². The van der Waals surface area contributed by atoms with Gasteiger partial charge in [-0.15, -0.1) is 0 Å². The first-order valence-corrected chi connectivity index (χ1v) is 8.50. The molecule has 4 nitrogen and oxygen atoms in total. The SMILES string of the molecule is CCCCOc1cccc(CNC(=NC)NC2CCCC2)c1. The van der Waals surface area contributed by atoms with Gasteiger partial charge in [0.25, 0.3) is 0 Å². The predicted octanol–water partition coefficient (Wildman–Crippen LogP) is 3.47. The molecular weight excluding hydrogens is 274 g/mol. The van der Waals surface area contributed by atoms with Crippen molar-refractivity contribution in [2.24, 2.45) is 4.99 Å². The zero-order valence-corrected chi connectivity index (χ0v) is 13.9. The number of hydrogen-bond donors (Lipinski definition) is 2. The normalized spacial score (nSPS) is 15.8. The van der Waals surface area contributed by atoms with Crippen molar-refractivity contribution in [1.29, 1.82) is 0 Å².